The number of hydrogen-bond donors (Lipinski definition) is 0. The summed E-state index contributed by atoms with van der Waals surface area (Å²) in [6.45, 7) is 1.94. The van der Waals surface area contributed by atoms with Gasteiger partial charge in [-0.05, 0) is 64.8 Å². The number of carbonyl (C=O) groups excluding carboxylic acids is 2. The molecular formula is C24H18BrFN2O3. The van der Waals surface area contributed by atoms with Crippen LogP contribution in [0.4, 0.5) is 15.8 Å². The monoisotopic (exact) mass is 480 g/mol. The first-order valence-electron chi connectivity index (χ1n) is 9.86. The zero-order valence-corrected chi connectivity index (χ0v) is 18.1. The van der Waals surface area contributed by atoms with E-state index in [0.717, 1.165) is 5.56 Å². The summed E-state index contributed by atoms with van der Waals surface area (Å²) in [6.07, 6.45) is -0.956. The van der Waals surface area contributed by atoms with E-state index in [0.29, 0.717) is 16.9 Å². The molecule has 3 atom stereocenters. The fraction of sp³-hybridized carbons (Fsp3) is 0.167. The summed E-state index contributed by atoms with van der Waals surface area (Å²) < 4.78 is 14.2. The van der Waals surface area contributed by atoms with Gasteiger partial charge in [-0.25, -0.2) is 14.4 Å². The normalized spacial score (nSPS) is 22.9. The summed E-state index contributed by atoms with van der Waals surface area (Å²) in [6, 6.07) is 20.5. The van der Waals surface area contributed by atoms with Gasteiger partial charge < -0.3 is 0 Å². The summed E-state index contributed by atoms with van der Waals surface area (Å²) in [7, 11) is 0. The maximum atomic E-state index is 13.9. The van der Waals surface area contributed by atoms with Crippen molar-refractivity contribution in [3.8, 4) is 0 Å². The molecule has 0 aromatic heterocycles. The van der Waals surface area contributed by atoms with E-state index in [9.17, 15) is 14.0 Å². The number of hydroxylamine groups is 1. The smallest absolute Gasteiger partial charge is 0.266 e. The fourth-order valence-corrected chi connectivity index (χ4v) is 4.59. The molecule has 5 nitrogen and oxygen atoms in total. The Balaban J connectivity index is 1.60. The van der Waals surface area contributed by atoms with E-state index in [1.165, 1.54) is 11.0 Å². The van der Waals surface area contributed by atoms with Crippen molar-refractivity contribution in [2.24, 2.45) is 5.92 Å². The van der Waals surface area contributed by atoms with Gasteiger partial charge in [0.15, 0.2) is 6.10 Å². The number of nitrogens with zero attached hydrogens (tertiary/aromatic N) is 2. The van der Waals surface area contributed by atoms with E-state index in [-0.39, 0.29) is 10.4 Å². The molecule has 2 aliphatic rings. The van der Waals surface area contributed by atoms with Crippen LogP contribution in [0.2, 0.25) is 0 Å². The van der Waals surface area contributed by atoms with Crippen LogP contribution in [0.5, 0.6) is 0 Å². The van der Waals surface area contributed by atoms with Crippen molar-refractivity contribution < 1.29 is 18.8 Å². The van der Waals surface area contributed by atoms with Gasteiger partial charge in [-0.2, -0.15) is 0 Å². The first-order chi connectivity index (χ1) is 15.0. The Morgan fingerprint density at radius 3 is 2.29 bits per heavy atom. The largest absolute Gasteiger partial charge is 0.273 e. The number of hydrogen-bond acceptors (Lipinski definition) is 4. The highest BCUT2D eigenvalue weighted by molar-refractivity contribution is 9.10. The molecule has 3 aromatic rings. The summed E-state index contributed by atoms with van der Waals surface area (Å²) in [5, 5.41) is 1.59. The number of benzene rings is 3. The number of carbonyl (C=O) groups is 2. The second-order valence-electron chi connectivity index (χ2n) is 7.68. The van der Waals surface area contributed by atoms with Crippen LogP contribution in [0.15, 0.2) is 77.3 Å². The summed E-state index contributed by atoms with van der Waals surface area (Å²) in [5.74, 6) is -1.89. The Hall–Kier alpha value is -3.03. The second-order valence-corrected chi connectivity index (χ2v) is 8.53. The third-order valence-corrected chi connectivity index (χ3v) is 6.31. The van der Waals surface area contributed by atoms with E-state index >= 15 is 0 Å². The highest BCUT2D eigenvalue weighted by atomic mass is 79.9. The molecule has 0 aliphatic carbocycles. The lowest BCUT2D eigenvalue weighted by atomic mass is 9.90. The van der Waals surface area contributed by atoms with Gasteiger partial charge in [-0.3, -0.25) is 14.4 Å². The summed E-state index contributed by atoms with van der Waals surface area (Å²) in [5.41, 5.74) is 2.94. The zero-order chi connectivity index (χ0) is 21.7. The maximum absolute atomic E-state index is 13.9. The molecule has 7 heteroatoms. The standard InChI is InChI=1S/C24H18BrFN2O3/c1-14-7-10-16(11-8-14)27-23(29)20-21(15-9-12-19(26)18(25)13-15)28(31-22(20)24(27)30)17-5-3-2-4-6-17/h2-13,20-22H,1H3/t20-,21+,22-/m0/s1. The topological polar surface area (TPSA) is 49.9 Å². The highest BCUT2D eigenvalue weighted by Gasteiger charge is 2.60. The minimum Gasteiger partial charge on any atom is -0.273 e. The molecule has 0 saturated carbocycles. The van der Waals surface area contributed by atoms with Crippen LogP contribution in [0, 0.1) is 18.7 Å². The van der Waals surface area contributed by atoms with E-state index < -0.39 is 29.8 Å². The van der Waals surface area contributed by atoms with E-state index in [1.54, 1.807) is 29.3 Å². The molecule has 2 aliphatic heterocycles. The number of rotatable bonds is 3. The molecule has 5 rings (SSSR count). The van der Waals surface area contributed by atoms with Crippen LogP contribution in [0.1, 0.15) is 17.2 Å². The highest BCUT2D eigenvalue weighted by Crippen LogP contribution is 2.48. The van der Waals surface area contributed by atoms with E-state index in [2.05, 4.69) is 15.9 Å². The molecule has 0 unspecified atom stereocenters. The molecule has 0 spiro atoms. The van der Waals surface area contributed by atoms with Crippen LogP contribution in [-0.4, -0.2) is 17.9 Å². The third kappa shape index (κ3) is 3.25. The summed E-state index contributed by atoms with van der Waals surface area (Å²) >= 11 is 3.23. The summed E-state index contributed by atoms with van der Waals surface area (Å²) in [4.78, 5) is 34.0. The van der Waals surface area contributed by atoms with Crippen molar-refractivity contribution in [1.29, 1.82) is 0 Å². The lowest BCUT2D eigenvalue weighted by molar-refractivity contribution is -0.126. The Labute approximate surface area is 187 Å². The van der Waals surface area contributed by atoms with E-state index in [1.807, 2.05) is 49.4 Å². The Morgan fingerprint density at radius 2 is 1.61 bits per heavy atom. The molecule has 3 aromatic carbocycles. The molecule has 0 bridgehead atoms. The zero-order valence-electron chi connectivity index (χ0n) is 16.5. The van der Waals surface area contributed by atoms with Crippen LogP contribution >= 0.6 is 15.9 Å². The number of anilines is 2. The quantitative estimate of drug-likeness (QED) is 0.497. The van der Waals surface area contributed by atoms with Gasteiger partial charge in [0.2, 0.25) is 5.91 Å². The van der Waals surface area contributed by atoms with Crippen LogP contribution < -0.4 is 9.96 Å². The first kappa shape index (κ1) is 19.9. The number of amides is 2. The number of fused-ring (bicyclic) bond motifs is 1. The predicted molar refractivity (Wildman–Crippen MR) is 118 cm³/mol. The van der Waals surface area contributed by atoms with E-state index in [4.69, 9.17) is 4.84 Å². The molecule has 2 fully saturated rings. The first-order valence-corrected chi connectivity index (χ1v) is 10.7. The number of halogens is 2. The molecule has 0 radical (unpaired) electrons. The van der Waals surface area contributed by atoms with Gasteiger partial charge in [0, 0.05) is 0 Å². The lowest BCUT2D eigenvalue weighted by Gasteiger charge is -2.29. The fourth-order valence-electron chi connectivity index (χ4n) is 4.20. The molecule has 156 valence electrons. The molecule has 0 N–H and O–H groups in total. The van der Waals surface area contributed by atoms with Crippen LogP contribution in [-0.2, 0) is 14.4 Å². The lowest BCUT2D eigenvalue weighted by Crippen LogP contribution is -2.37. The average Bonchev–Trinajstić information content (AvgIpc) is 3.28. The van der Waals surface area contributed by atoms with Crippen LogP contribution in [0.3, 0.4) is 0 Å². The molecular weight excluding hydrogens is 463 g/mol. The van der Waals surface area contributed by atoms with Crippen molar-refractivity contribution in [2.75, 3.05) is 9.96 Å². The van der Waals surface area contributed by atoms with Crippen molar-refractivity contribution >= 4 is 39.1 Å². The number of para-hydroxylation sites is 1. The minimum atomic E-state index is -0.956. The average molecular weight is 481 g/mol. The van der Waals surface area contributed by atoms with Gasteiger partial charge >= 0.3 is 0 Å². The van der Waals surface area contributed by atoms with Gasteiger partial charge in [-0.1, -0.05) is 42.0 Å². The number of aryl methyl sites for hydroxylation is 1. The molecule has 2 amide bonds. The molecule has 2 heterocycles. The van der Waals surface area contributed by atoms with Gasteiger partial charge in [0.25, 0.3) is 5.91 Å². The second kappa shape index (κ2) is 7.59. The van der Waals surface area contributed by atoms with Crippen molar-refractivity contribution in [1.82, 2.24) is 0 Å². The Morgan fingerprint density at radius 1 is 0.903 bits per heavy atom. The Bertz CT molecular complexity index is 1170. The SMILES string of the molecule is Cc1ccc(N2C(=O)[C@@H]3[C@H](ON(c4ccccc4)[C@@H]3c3ccc(F)c(Br)c3)C2=O)cc1. The minimum absolute atomic E-state index is 0.286. The maximum Gasteiger partial charge on any atom is 0.266 e. The third-order valence-electron chi connectivity index (χ3n) is 5.70. The van der Waals surface area contributed by atoms with Gasteiger partial charge in [-0.15, -0.1) is 0 Å². The predicted octanol–water partition coefficient (Wildman–Crippen LogP) is 4.95. The van der Waals surface area contributed by atoms with Crippen molar-refractivity contribution in [3.63, 3.8) is 0 Å². The van der Waals surface area contributed by atoms with Gasteiger partial charge in [0.1, 0.15) is 11.7 Å². The molecule has 31 heavy (non-hydrogen) atoms. The Kier molecular flexibility index (Phi) is 4.87. The number of imide groups is 1. The van der Waals surface area contributed by atoms with Crippen LogP contribution in [0.25, 0.3) is 0 Å². The molecule has 2 saturated heterocycles. The van der Waals surface area contributed by atoms with Gasteiger partial charge in [0.05, 0.1) is 21.9 Å². The van der Waals surface area contributed by atoms with Crippen molar-refractivity contribution in [2.45, 2.75) is 19.1 Å². The van der Waals surface area contributed by atoms with Crippen molar-refractivity contribution in [3.05, 3.63) is 94.2 Å².